The highest BCUT2D eigenvalue weighted by Gasteiger charge is 2.42. The molecule has 0 aromatic carbocycles. The summed E-state index contributed by atoms with van der Waals surface area (Å²) < 4.78 is 44.7. The summed E-state index contributed by atoms with van der Waals surface area (Å²) >= 11 is 0. The Bertz CT molecular complexity index is 1190. The molecule has 0 aromatic heterocycles. The van der Waals surface area contributed by atoms with Crippen LogP contribution >= 0.6 is 0 Å². The standard InChI is InChI=1S/C19H24O22S/c1-6(38-10(22)4-19(34,18(32)33)3-9(20)21)15(29)40-8(13(25)26)5-37-42(35,36)41-16(30)7(2)39-17(31)12(24)11(23)14(27)28/h6-8,11-12,23-24,34H,3-5H2,1-2H3,(H,20,21)(H,25,26)(H,27,28)(H,32,33). The summed E-state index contributed by atoms with van der Waals surface area (Å²) in [7, 11) is -5.47. The molecule has 23 heteroatoms. The van der Waals surface area contributed by atoms with E-state index in [9.17, 15) is 57.0 Å². The zero-order valence-corrected chi connectivity index (χ0v) is 22.0. The van der Waals surface area contributed by atoms with Gasteiger partial charge < -0.3 is 54.1 Å². The number of carbonyl (C=O) groups excluding carboxylic acids is 4. The van der Waals surface area contributed by atoms with E-state index in [1.165, 1.54) is 0 Å². The smallest absolute Gasteiger partial charge is 0.451 e. The van der Waals surface area contributed by atoms with Crippen molar-refractivity contribution in [2.45, 2.75) is 62.8 Å². The summed E-state index contributed by atoms with van der Waals surface area (Å²) in [5, 5.41) is 63.4. The zero-order chi connectivity index (χ0) is 33.2. The first kappa shape index (κ1) is 37.6. The molecule has 0 saturated heterocycles. The van der Waals surface area contributed by atoms with Crippen LogP contribution in [-0.4, -0.2) is 135 Å². The fourth-order valence-electron chi connectivity index (χ4n) is 2.27. The van der Waals surface area contributed by atoms with E-state index in [-0.39, 0.29) is 0 Å². The molecule has 0 rings (SSSR count). The lowest BCUT2D eigenvalue weighted by atomic mass is 9.96. The molecular weight excluding hydrogens is 612 g/mol. The monoisotopic (exact) mass is 636 g/mol. The number of aliphatic carboxylic acids is 4. The van der Waals surface area contributed by atoms with Gasteiger partial charge in [0.2, 0.25) is 6.10 Å². The van der Waals surface area contributed by atoms with Crippen molar-refractivity contribution >= 4 is 58.2 Å². The lowest BCUT2D eigenvalue weighted by molar-refractivity contribution is -0.182. The van der Waals surface area contributed by atoms with Crippen LogP contribution in [0.5, 0.6) is 0 Å². The van der Waals surface area contributed by atoms with E-state index < -0.39 is 114 Å². The van der Waals surface area contributed by atoms with Gasteiger partial charge in [0.25, 0.3) is 0 Å². The van der Waals surface area contributed by atoms with Crippen LogP contribution in [0.4, 0.5) is 0 Å². The maximum Gasteiger partial charge on any atom is 0.451 e. The molecule has 6 unspecified atom stereocenters. The van der Waals surface area contributed by atoms with E-state index in [1.807, 2.05) is 0 Å². The molecule has 0 saturated carbocycles. The van der Waals surface area contributed by atoms with Crippen molar-refractivity contribution in [1.29, 1.82) is 0 Å². The highest BCUT2D eigenvalue weighted by atomic mass is 32.3. The Morgan fingerprint density at radius 3 is 1.69 bits per heavy atom. The molecule has 0 amide bonds. The predicted octanol–water partition coefficient (Wildman–Crippen LogP) is -4.86. The SMILES string of the molecule is CC(OC(=O)CC(O)(CC(=O)O)C(=O)O)C(=O)OC(COS(=O)(=O)OC(=O)C(C)OC(=O)C(O)C(O)C(=O)O)C(=O)O. The molecule has 0 heterocycles. The van der Waals surface area contributed by atoms with Gasteiger partial charge in [0, 0.05) is 0 Å². The van der Waals surface area contributed by atoms with Crippen LogP contribution in [0, 0.1) is 0 Å². The summed E-state index contributed by atoms with van der Waals surface area (Å²) in [5.74, 6) is -15.2. The van der Waals surface area contributed by atoms with Crippen LogP contribution in [0.3, 0.4) is 0 Å². The highest BCUT2D eigenvalue weighted by Crippen LogP contribution is 2.18. The van der Waals surface area contributed by atoms with Crippen molar-refractivity contribution in [2.75, 3.05) is 6.61 Å². The van der Waals surface area contributed by atoms with Gasteiger partial charge in [-0.25, -0.2) is 33.0 Å². The molecule has 0 aliphatic rings. The fraction of sp³-hybridized carbons (Fsp3) is 0.579. The first-order valence-corrected chi connectivity index (χ1v) is 12.1. The number of carbonyl (C=O) groups is 8. The Morgan fingerprint density at radius 1 is 0.714 bits per heavy atom. The average Bonchev–Trinajstić information content (AvgIpc) is 2.83. The van der Waals surface area contributed by atoms with E-state index >= 15 is 0 Å². The molecule has 0 aromatic rings. The number of rotatable bonds is 18. The predicted molar refractivity (Wildman–Crippen MR) is 119 cm³/mol. The second-order valence-electron chi connectivity index (χ2n) is 7.88. The van der Waals surface area contributed by atoms with Gasteiger partial charge in [-0.3, -0.25) is 9.59 Å². The molecule has 22 nitrogen and oxygen atoms in total. The lowest BCUT2D eigenvalue weighted by Crippen LogP contribution is -2.44. The van der Waals surface area contributed by atoms with Crippen LogP contribution in [0.1, 0.15) is 26.7 Å². The maximum absolute atomic E-state index is 12.1. The number of ether oxygens (including phenoxy) is 3. The second kappa shape index (κ2) is 15.5. The Morgan fingerprint density at radius 2 is 1.24 bits per heavy atom. The van der Waals surface area contributed by atoms with Gasteiger partial charge in [0.1, 0.15) is 6.61 Å². The number of hydrogen-bond donors (Lipinski definition) is 7. The Balaban J connectivity index is 5.15. The number of hydrogen-bond acceptors (Lipinski definition) is 18. The summed E-state index contributed by atoms with van der Waals surface area (Å²) in [6.45, 7) is -0.129. The number of esters is 3. The molecule has 0 spiro atoms. The van der Waals surface area contributed by atoms with Crippen LogP contribution in [0.15, 0.2) is 0 Å². The van der Waals surface area contributed by atoms with Crippen molar-refractivity contribution < 1.29 is 105 Å². The van der Waals surface area contributed by atoms with Crippen LogP contribution < -0.4 is 0 Å². The van der Waals surface area contributed by atoms with Gasteiger partial charge in [-0.2, -0.15) is 8.42 Å². The van der Waals surface area contributed by atoms with Gasteiger partial charge in [0.05, 0.1) is 12.8 Å². The Kier molecular flexibility index (Phi) is 13.9. The largest absolute Gasteiger partial charge is 0.481 e. The second-order valence-corrected chi connectivity index (χ2v) is 9.10. The van der Waals surface area contributed by atoms with Crippen molar-refractivity contribution in [3.63, 3.8) is 0 Å². The fourth-order valence-corrected chi connectivity index (χ4v) is 2.95. The van der Waals surface area contributed by atoms with Crippen LogP contribution in [0.2, 0.25) is 0 Å². The highest BCUT2D eigenvalue weighted by molar-refractivity contribution is 7.82. The van der Waals surface area contributed by atoms with E-state index in [1.54, 1.807) is 0 Å². The third-order valence-corrected chi connectivity index (χ3v) is 5.21. The third-order valence-electron chi connectivity index (χ3n) is 4.42. The first-order chi connectivity index (χ1) is 19.0. The minimum absolute atomic E-state index is 0.680. The number of aliphatic hydroxyl groups is 3. The molecule has 0 bridgehead atoms. The third kappa shape index (κ3) is 12.4. The van der Waals surface area contributed by atoms with E-state index in [4.69, 9.17) is 25.5 Å². The van der Waals surface area contributed by atoms with Crippen LogP contribution in [-0.2, 0) is 71.3 Å². The molecule has 0 fully saturated rings. The van der Waals surface area contributed by atoms with Gasteiger partial charge in [-0.05, 0) is 13.8 Å². The number of aliphatic hydroxyl groups excluding tert-OH is 2. The molecular formula is C19H24O22S. The molecule has 0 aliphatic heterocycles. The number of carboxylic acid groups (broad SMARTS) is 4. The van der Waals surface area contributed by atoms with Crippen molar-refractivity contribution in [2.24, 2.45) is 0 Å². The molecule has 7 N–H and O–H groups in total. The maximum atomic E-state index is 12.1. The first-order valence-electron chi connectivity index (χ1n) is 10.8. The summed E-state index contributed by atoms with van der Waals surface area (Å²) in [4.78, 5) is 90.9. The van der Waals surface area contributed by atoms with E-state index in [0.717, 1.165) is 6.92 Å². The lowest BCUT2D eigenvalue weighted by Gasteiger charge is -2.22. The normalized spacial score (nSPS) is 16.2. The van der Waals surface area contributed by atoms with E-state index in [0.29, 0.717) is 6.92 Å². The Hall–Kier alpha value is -4.45. The summed E-state index contributed by atoms with van der Waals surface area (Å²) in [6.07, 6.45) is -14.9. The average molecular weight is 636 g/mol. The van der Waals surface area contributed by atoms with Crippen molar-refractivity contribution in [3.05, 3.63) is 0 Å². The van der Waals surface area contributed by atoms with Gasteiger partial charge in [-0.1, -0.05) is 0 Å². The number of carboxylic acids is 4. The minimum atomic E-state index is -5.47. The molecule has 0 radical (unpaired) electrons. The van der Waals surface area contributed by atoms with Crippen molar-refractivity contribution in [3.8, 4) is 0 Å². The summed E-state index contributed by atoms with van der Waals surface area (Å²) in [5.41, 5.74) is -3.13. The quantitative estimate of drug-likeness (QED) is 0.0547. The van der Waals surface area contributed by atoms with Gasteiger partial charge >= 0.3 is 58.2 Å². The zero-order valence-electron chi connectivity index (χ0n) is 21.2. The topological polar surface area (TPSA) is 358 Å². The minimum Gasteiger partial charge on any atom is -0.481 e. The van der Waals surface area contributed by atoms with Gasteiger partial charge in [-0.15, -0.1) is 0 Å². The van der Waals surface area contributed by atoms with Gasteiger partial charge in [0.15, 0.2) is 30.0 Å². The molecule has 42 heavy (non-hydrogen) atoms. The molecule has 0 aliphatic carbocycles. The Labute approximate surface area is 233 Å². The van der Waals surface area contributed by atoms with E-state index in [2.05, 4.69) is 22.6 Å². The summed E-state index contributed by atoms with van der Waals surface area (Å²) in [6, 6.07) is 0. The molecule has 238 valence electrons. The van der Waals surface area contributed by atoms with Crippen LogP contribution in [0.25, 0.3) is 0 Å². The van der Waals surface area contributed by atoms with Crippen molar-refractivity contribution in [1.82, 2.24) is 0 Å². The molecule has 6 atom stereocenters.